The molecule has 0 saturated carbocycles. The lowest BCUT2D eigenvalue weighted by molar-refractivity contribution is 0.172. The third-order valence-electron chi connectivity index (χ3n) is 3.53. The van der Waals surface area contributed by atoms with E-state index < -0.39 is 6.10 Å². The molecule has 2 rings (SSSR count). The minimum Gasteiger partial charge on any atom is -0.386 e. The molecule has 23 heavy (non-hydrogen) atoms. The lowest BCUT2D eigenvalue weighted by Crippen LogP contribution is -2.39. The van der Waals surface area contributed by atoms with Crippen molar-refractivity contribution >= 4 is 17.6 Å². The zero-order valence-electron chi connectivity index (χ0n) is 13.2. The normalized spacial score (nSPS) is 13.4. The molecule has 1 heterocycles. The summed E-state index contributed by atoms with van der Waals surface area (Å²) < 4.78 is 1.60. The largest absolute Gasteiger partial charge is 0.386 e. The molecule has 2 aromatic rings. The number of carbonyl (C=O) groups excluding carboxylic acids is 1. The molecule has 0 saturated heterocycles. The van der Waals surface area contributed by atoms with E-state index in [2.05, 4.69) is 15.7 Å². The third-order valence-corrected chi connectivity index (χ3v) is 3.77. The summed E-state index contributed by atoms with van der Waals surface area (Å²) in [4.78, 5) is 12.0. The zero-order valence-corrected chi connectivity index (χ0v) is 13.9. The lowest BCUT2D eigenvalue weighted by atomic mass is 10.1. The molecule has 2 atom stereocenters. The van der Waals surface area contributed by atoms with Crippen LogP contribution in [-0.2, 0) is 7.05 Å². The number of hydrogen-bond donors (Lipinski definition) is 3. The minimum atomic E-state index is -0.791. The number of aliphatic hydroxyl groups excluding tert-OH is 1. The van der Waals surface area contributed by atoms with Crippen molar-refractivity contribution in [1.29, 1.82) is 0 Å². The summed E-state index contributed by atoms with van der Waals surface area (Å²) in [5.74, 6) is 0. The first kappa shape index (κ1) is 17.3. The number of carbonyl (C=O) groups is 1. The Kier molecular flexibility index (Phi) is 6.01. The van der Waals surface area contributed by atoms with Crippen molar-refractivity contribution in [2.45, 2.75) is 25.5 Å². The van der Waals surface area contributed by atoms with Gasteiger partial charge in [0.2, 0.25) is 0 Å². The average molecular weight is 337 g/mol. The SMILES string of the molecule is CCC(NC(=O)NCC(O)c1cnn(C)c1)c1cccc(Cl)c1. The Morgan fingerprint density at radius 1 is 1.43 bits per heavy atom. The Labute approximate surface area is 140 Å². The number of aryl methyl sites for hydroxylation is 1. The van der Waals surface area contributed by atoms with Crippen molar-refractivity contribution in [3.8, 4) is 0 Å². The fraction of sp³-hybridized carbons (Fsp3) is 0.375. The van der Waals surface area contributed by atoms with Gasteiger partial charge >= 0.3 is 6.03 Å². The molecular formula is C16H21ClN4O2. The Balaban J connectivity index is 1.88. The second kappa shape index (κ2) is 7.99. The maximum absolute atomic E-state index is 12.0. The molecule has 2 amide bonds. The maximum Gasteiger partial charge on any atom is 0.315 e. The van der Waals surface area contributed by atoms with Crippen molar-refractivity contribution in [1.82, 2.24) is 20.4 Å². The van der Waals surface area contributed by atoms with Crippen LogP contribution in [0.4, 0.5) is 4.79 Å². The van der Waals surface area contributed by atoms with Gasteiger partial charge in [0, 0.05) is 30.4 Å². The molecule has 0 spiro atoms. The maximum atomic E-state index is 12.0. The summed E-state index contributed by atoms with van der Waals surface area (Å²) in [5.41, 5.74) is 1.61. The van der Waals surface area contributed by atoms with Crippen molar-refractivity contribution in [3.63, 3.8) is 0 Å². The van der Waals surface area contributed by atoms with Crippen LogP contribution >= 0.6 is 11.6 Å². The Morgan fingerprint density at radius 2 is 2.22 bits per heavy atom. The second-order valence-electron chi connectivity index (χ2n) is 5.33. The second-order valence-corrected chi connectivity index (χ2v) is 5.77. The van der Waals surface area contributed by atoms with E-state index in [9.17, 15) is 9.90 Å². The van der Waals surface area contributed by atoms with E-state index in [1.54, 1.807) is 30.2 Å². The summed E-state index contributed by atoms with van der Waals surface area (Å²) >= 11 is 5.99. The number of hydrogen-bond acceptors (Lipinski definition) is 3. The Hall–Kier alpha value is -2.05. The van der Waals surface area contributed by atoms with E-state index in [1.807, 2.05) is 25.1 Å². The number of amides is 2. The van der Waals surface area contributed by atoms with Gasteiger partial charge < -0.3 is 15.7 Å². The number of benzene rings is 1. The highest BCUT2D eigenvalue weighted by Crippen LogP contribution is 2.20. The van der Waals surface area contributed by atoms with Gasteiger partial charge in [-0.1, -0.05) is 30.7 Å². The quantitative estimate of drug-likeness (QED) is 0.758. The molecular weight excluding hydrogens is 316 g/mol. The van der Waals surface area contributed by atoms with E-state index in [1.165, 1.54) is 0 Å². The molecule has 1 aromatic carbocycles. The first-order chi connectivity index (χ1) is 11.0. The number of nitrogens with zero attached hydrogens (tertiary/aromatic N) is 2. The predicted molar refractivity (Wildman–Crippen MR) is 89.2 cm³/mol. The third kappa shape index (κ3) is 4.97. The van der Waals surface area contributed by atoms with Crippen LogP contribution < -0.4 is 10.6 Å². The Morgan fingerprint density at radius 3 is 2.83 bits per heavy atom. The molecule has 6 nitrogen and oxygen atoms in total. The van der Waals surface area contributed by atoms with Crippen molar-refractivity contribution in [2.24, 2.45) is 7.05 Å². The molecule has 0 aliphatic carbocycles. The lowest BCUT2D eigenvalue weighted by Gasteiger charge is -2.19. The Bertz CT molecular complexity index is 659. The number of aromatic nitrogens is 2. The summed E-state index contributed by atoms with van der Waals surface area (Å²) in [7, 11) is 1.77. The number of aliphatic hydroxyl groups is 1. The van der Waals surface area contributed by atoms with Gasteiger partial charge in [0.25, 0.3) is 0 Å². The topological polar surface area (TPSA) is 79.2 Å². The van der Waals surface area contributed by atoms with E-state index in [0.717, 1.165) is 12.0 Å². The van der Waals surface area contributed by atoms with Crippen LogP contribution in [0.2, 0.25) is 5.02 Å². The number of nitrogens with one attached hydrogen (secondary N) is 2. The molecule has 7 heteroatoms. The van der Waals surface area contributed by atoms with E-state index in [0.29, 0.717) is 10.6 Å². The van der Waals surface area contributed by atoms with Crippen LogP contribution in [0.3, 0.4) is 0 Å². The monoisotopic (exact) mass is 336 g/mol. The summed E-state index contributed by atoms with van der Waals surface area (Å²) in [6.45, 7) is 2.10. The van der Waals surface area contributed by atoms with Crippen LogP contribution in [0, 0.1) is 0 Å². The van der Waals surface area contributed by atoms with Crippen LogP contribution in [-0.4, -0.2) is 27.5 Å². The molecule has 0 aliphatic rings. The van der Waals surface area contributed by atoms with Gasteiger partial charge in [-0.05, 0) is 24.1 Å². The number of rotatable bonds is 6. The molecule has 0 radical (unpaired) electrons. The van der Waals surface area contributed by atoms with E-state index in [4.69, 9.17) is 11.6 Å². The van der Waals surface area contributed by atoms with Crippen molar-refractivity contribution in [2.75, 3.05) is 6.54 Å². The molecule has 2 unspecified atom stereocenters. The average Bonchev–Trinajstić information content (AvgIpc) is 2.97. The van der Waals surface area contributed by atoms with Crippen LogP contribution in [0.25, 0.3) is 0 Å². The van der Waals surface area contributed by atoms with E-state index >= 15 is 0 Å². The highest BCUT2D eigenvalue weighted by Gasteiger charge is 2.15. The van der Waals surface area contributed by atoms with Gasteiger partial charge in [0.1, 0.15) is 0 Å². The first-order valence-corrected chi connectivity index (χ1v) is 7.83. The predicted octanol–water partition coefficient (Wildman–Crippen LogP) is 2.56. The molecule has 3 N–H and O–H groups in total. The summed E-state index contributed by atoms with van der Waals surface area (Å²) in [5, 5.41) is 20.2. The number of halogens is 1. The van der Waals surface area contributed by atoms with Crippen LogP contribution in [0.1, 0.15) is 36.6 Å². The van der Waals surface area contributed by atoms with Gasteiger partial charge in [-0.2, -0.15) is 5.10 Å². The van der Waals surface area contributed by atoms with Gasteiger partial charge in [0.15, 0.2) is 0 Å². The van der Waals surface area contributed by atoms with Crippen LogP contribution in [0.5, 0.6) is 0 Å². The van der Waals surface area contributed by atoms with Gasteiger partial charge in [-0.15, -0.1) is 0 Å². The van der Waals surface area contributed by atoms with Gasteiger partial charge in [-0.3, -0.25) is 4.68 Å². The van der Waals surface area contributed by atoms with Crippen LogP contribution in [0.15, 0.2) is 36.7 Å². The first-order valence-electron chi connectivity index (χ1n) is 7.46. The highest BCUT2D eigenvalue weighted by atomic mass is 35.5. The molecule has 124 valence electrons. The minimum absolute atomic E-state index is 0.115. The zero-order chi connectivity index (χ0) is 16.8. The summed E-state index contributed by atoms with van der Waals surface area (Å²) in [6.07, 6.45) is 3.23. The molecule has 1 aromatic heterocycles. The standard InChI is InChI=1S/C16H21ClN4O2/c1-3-14(11-5-4-6-13(17)7-11)20-16(23)18-9-15(22)12-8-19-21(2)10-12/h4-8,10,14-15,22H,3,9H2,1-2H3,(H2,18,20,23). The fourth-order valence-electron chi connectivity index (χ4n) is 2.27. The number of urea groups is 1. The van der Waals surface area contributed by atoms with E-state index in [-0.39, 0.29) is 18.6 Å². The molecule has 0 aliphatic heterocycles. The fourth-order valence-corrected chi connectivity index (χ4v) is 2.47. The highest BCUT2D eigenvalue weighted by molar-refractivity contribution is 6.30. The molecule has 0 fully saturated rings. The van der Waals surface area contributed by atoms with Gasteiger partial charge in [0.05, 0.1) is 18.3 Å². The van der Waals surface area contributed by atoms with Crippen molar-refractivity contribution < 1.29 is 9.90 Å². The van der Waals surface area contributed by atoms with Crippen molar-refractivity contribution in [3.05, 3.63) is 52.8 Å². The summed E-state index contributed by atoms with van der Waals surface area (Å²) in [6, 6.07) is 6.93. The van der Waals surface area contributed by atoms with Gasteiger partial charge in [-0.25, -0.2) is 4.79 Å². The smallest absolute Gasteiger partial charge is 0.315 e. The molecule has 0 bridgehead atoms.